The summed E-state index contributed by atoms with van der Waals surface area (Å²) in [5, 5.41) is 2.63. The predicted octanol–water partition coefficient (Wildman–Crippen LogP) is -0.707. The van der Waals surface area contributed by atoms with E-state index in [9.17, 15) is 13.2 Å². The van der Waals surface area contributed by atoms with Gasteiger partial charge in [0, 0.05) is 33.7 Å². The van der Waals surface area contributed by atoms with E-state index < -0.39 is 10.0 Å². The van der Waals surface area contributed by atoms with Gasteiger partial charge < -0.3 is 10.2 Å². The second-order valence-electron chi connectivity index (χ2n) is 3.69. The number of amides is 2. The van der Waals surface area contributed by atoms with Gasteiger partial charge >= 0.3 is 6.03 Å². The van der Waals surface area contributed by atoms with Crippen molar-refractivity contribution in [2.45, 2.75) is 6.42 Å². The van der Waals surface area contributed by atoms with Crippen molar-refractivity contribution in [2.75, 3.05) is 39.5 Å². The summed E-state index contributed by atoms with van der Waals surface area (Å²) in [7, 11) is 0.245. The molecule has 1 N–H and O–H groups in total. The second-order valence-corrected chi connectivity index (χ2v) is 5.78. The second kappa shape index (κ2) is 4.80. The number of hydrogen-bond acceptors (Lipinski definition) is 3. The first kappa shape index (κ1) is 12.3. The van der Waals surface area contributed by atoms with Crippen molar-refractivity contribution in [3.8, 4) is 0 Å². The first-order valence-electron chi connectivity index (χ1n) is 4.86. The molecule has 7 heteroatoms. The summed E-state index contributed by atoms with van der Waals surface area (Å²) in [4.78, 5) is 12.5. The normalized spacial score (nSPS) is 20.1. The average Bonchev–Trinajstić information content (AvgIpc) is 2.45. The Bertz CT molecular complexity index is 326. The third-order valence-corrected chi connectivity index (χ3v) is 4.20. The van der Waals surface area contributed by atoms with E-state index >= 15 is 0 Å². The largest absolute Gasteiger partial charge is 0.337 e. The van der Waals surface area contributed by atoms with Gasteiger partial charge in [-0.15, -0.1) is 0 Å². The number of urea groups is 1. The van der Waals surface area contributed by atoms with Gasteiger partial charge in [0.15, 0.2) is 0 Å². The molecule has 0 aromatic rings. The van der Waals surface area contributed by atoms with Crippen LogP contribution in [0.5, 0.6) is 0 Å². The minimum atomic E-state index is -3.04. The molecule has 0 unspecified atom stereocenters. The Hall–Kier alpha value is -0.820. The van der Waals surface area contributed by atoms with Crippen LogP contribution in [0.1, 0.15) is 6.42 Å². The number of nitrogens with zero attached hydrogens (tertiary/aromatic N) is 2. The van der Waals surface area contributed by atoms with Crippen molar-refractivity contribution in [2.24, 2.45) is 0 Å². The van der Waals surface area contributed by atoms with Gasteiger partial charge in [-0.05, 0) is 6.42 Å². The van der Waals surface area contributed by atoms with Gasteiger partial charge in [-0.3, -0.25) is 0 Å². The molecule has 1 aliphatic heterocycles. The van der Waals surface area contributed by atoms with E-state index in [1.165, 1.54) is 9.21 Å². The minimum Gasteiger partial charge on any atom is -0.337 e. The van der Waals surface area contributed by atoms with Gasteiger partial charge in [-0.25, -0.2) is 17.5 Å². The Labute approximate surface area is 90.3 Å². The van der Waals surface area contributed by atoms with Crippen molar-refractivity contribution in [1.29, 1.82) is 0 Å². The summed E-state index contributed by atoms with van der Waals surface area (Å²) < 4.78 is 24.2. The van der Waals surface area contributed by atoms with Crippen LogP contribution in [0.4, 0.5) is 4.79 Å². The molecule has 1 heterocycles. The van der Waals surface area contributed by atoms with Crippen LogP contribution in [0.15, 0.2) is 0 Å². The van der Waals surface area contributed by atoms with Gasteiger partial charge in [-0.2, -0.15) is 0 Å². The van der Waals surface area contributed by atoms with E-state index in [-0.39, 0.29) is 11.8 Å². The summed E-state index contributed by atoms with van der Waals surface area (Å²) in [5.41, 5.74) is 0. The fourth-order valence-electron chi connectivity index (χ4n) is 1.39. The molecule has 1 fully saturated rings. The Morgan fingerprint density at radius 2 is 2.13 bits per heavy atom. The highest BCUT2D eigenvalue weighted by atomic mass is 32.2. The lowest BCUT2D eigenvalue weighted by atomic mass is 10.5. The van der Waals surface area contributed by atoms with Crippen LogP contribution in [0.3, 0.4) is 0 Å². The van der Waals surface area contributed by atoms with E-state index in [2.05, 4.69) is 5.32 Å². The van der Waals surface area contributed by atoms with E-state index in [1.54, 1.807) is 14.1 Å². The van der Waals surface area contributed by atoms with Gasteiger partial charge in [0.05, 0.1) is 5.75 Å². The van der Waals surface area contributed by atoms with Crippen LogP contribution in [-0.2, 0) is 10.0 Å². The Morgan fingerprint density at radius 1 is 1.47 bits per heavy atom. The maximum Gasteiger partial charge on any atom is 0.316 e. The highest BCUT2D eigenvalue weighted by Gasteiger charge is 2.27. The summed E-state index contributed by atoms with van der Waals surface area (Å²) in [5.74, 6) is 0.231. The molecule has 88 valence electrons. The fourth-order valence-corrected chi connectivity index (χ4v) is 2.92. The molecular formula is C8H17N3O3S. The van der Waals surface area contributed by atoms with Gasteiger partial charge in [-0.1, -0.05) is 0 Å². The molecule has 1 rings (SSSR count). The lowest BCUT2D eigenvalue weighted by molar-refractivity contribution is 0.216. The Morgan fingerprint density at radius 3 is 2.60 bits per heavy atom. The number of hydrogen-bond donors (Lipinski definition) is 1. The molecule has 0 aliphatic carbocycles. The standard InChI is InChI=1S/C8H17N3O3S/c1-10(2)8(12)9-4-6-11-5-3-7-15(11,13)14/h3-7H2,1-2H3,(H,9,12). The first-order valence-corrected chi connectivity index (χ1v) is 6.47. The predicted molar refractivity (Wildman–Crippen MR) is 57.1 cm³/mol. The summed E-state index contributed by atoms with van der Waals surface area (Å²) >= 11 is 0. The third-order valence-electron chi connectivity index (χ3n) is 2.25. The molecule has 0 radical (unpaired) electrons. The summed E-state index contributed by atoms with van der Waals surface area (Å²) in [6.45, 7) is 1.29. The van der Waals surface area contributed by atoms with Gasteiger partial charge in [0.25, 0.3) is 0 Å². The van der Waals surface area contributed by atoms with Crippen molar-refractivity contribution in [3.05, 3.63) is 0 Å². The average molecular weight is 235 g/mol. The molecule has 0 aromatic heterocycles. The number of carbonyl (C=O) groups excluding carboxylic acids is 1. The maximum absolute atomic E-state index is 11.4. The number of sulfonamides is 1. The zero-order valence-electron chi connectivity index (χ0n) is 9.06. The minimum absolute atomic E-state index is 0.202. The van der Waals surface area contributed by atoms with Crippen LogP contribution in [0.25, 0.3) is 0 Å². The molecule has 6 nitrogen and oxygen atoms in total. The molecular weight excluding hydrogens is 218 g/mol. The quantitative estimate of drug-likeness (QED) is 0.703. The van der Waals surface area contributed by atoms with Gasteiger partial charge in [0.1, 0.15) is 0 Å². The van der Waals surface area contributed by atoms with E-state index in [0.717, 1.165) is 0 Å². The molecule has 0 atom stereocenters. The Kier molecular flexibility index (Phi) is 3.92. The number of rotatable bonds is 3. The highest BCUT2D eigenvalue weighted by Crippen LogP contribution is 2.11. The first-order chi connectivity index (χ1) is 6.93. The van der Waals surface area contributed by atoms with Crippen LogP contribution < -0.4 is 5.32 Å². The Balaban J connectivity index is 2.30. The molecule has 0 bridgehead atoms. The van der Waals surface area contributed by atoms with Crippen LogP contribution >= 0.6 is 0 Å². The van der Waals surface area contributed by atoms with Crippen LogP contribution in [-0.4, -0.2) is 63.1 Å². The molecule has 1 aliphatic rings. The lowest BCUT2D eigenvalue weighted by Gasteiger charge is -2.16. The summed E-state index contributed by atoms with van der Waals surface area (Å²) in [6.07, 6.45) is 0.684. The zero-order valence-corrected chi connectivity index (χ0v) is 9.88. The van der Waals surface area contributed by atoms with E-state index in [4.69, 9.17) is 0 Å². The lowest BCUT2D eigenvalue weighted by Crippen LogP contribution is -2.40. The van der Waals surface area contributed by atoms with Crippen molar-refractivity contribution in [3.63, 3.8) is 0 Å². The van der Waals surface area contributed by atoms with E-state index in [0.29, 0.717) is 26.1 Å². The fraction of sp³-hybridized carbons (Fsp3) is 0.875. The van der Waals surface area contributed by atoms with Crippen LogP contribution in [0, 0.1) is 0 Å². The topological polar surface area (TPSA) is 69.7 Å². The summed E-state index contributed by atoms with van der Waals surface area (Å²) in [6, 6.07) is -0.202. The highest BCUT2D eigenvalue weighted by molar-refractivity contribution is 7.89. The smallest absolute Gasteiger partial charge is 0.316 e. The van der Waals surface area contributed by atoms with Crippen molar-refractivity contribution < 1.29 is 13.2 Å². The molecule has 1 saturated heterocycles. The molecule has 0 spiro atoms. The molecule has 2 amide bonds. The number of carbonyl (C=O) groups is 1. The van der Waals surface area contributed by atoms with Gasteiger partial charge in [0.2, 0.25) is 10.0 Å². The SMILES string of the molecule is CN(C)C(=O)NCCN1CCCS1(=O)=O. The van der Waals surface area contributed by atoms with Crippen molar-refractivity contribution in [1.82, 2.24) is 14.5 Å². The maximum atomic E-state index is 11.4. The molecule has 15 heavy (non-hydrogen) atoms. The monoisotopic (exact) mass is 235 g/mol. The third kappa shape index (κ3) is 3.35. The molecule has 0 saturated carbocycles. The van der Waals surface area contributed by atoms with Crippen molar-refractivity contribution >= 4 is 16.1 Å². The zero-order chi connectivity index (χ0) is 11.5. The van der Waals surface area contributed by atoms with E-state index in [1.807, 2.05) is 0 Å². The van der Waals surface area contributed by atoms with Crippen LogP contribution in [0.2, 0.25) is 0 Å². The molecule has 0 aromatic carbocycles. The number of nitrogens with one attached hydrogen (secondary N) is 1.